The molecule has 0 bridgehead atoms. The molecule has 3 aromatic rings. The number of halogens is 1. The van der Waals surface area contributed by atoms with Crippen LogP contribution in [0.15, 0.2) is 65.6 Å². The SMILES string of the molecule is COc1ccc(Oc2ccc(Cl)cc2NC(=O)c2ccc3c(c2)S(=O)(=O)N(C2CC2)C3=O)cc1. The molecule has 0 aromatic heterocycles. The molecule has 0 unspecified atom stereocenters. The number of nitrogens with zero attached hydrogens (tertiary/aromatic N) is 1. The predicted octanol–water partition coefficient (Wildman–Crippen LogP) is 4.70. The van der Waals surface area contributed by atoms with Crippen molar-refractivity contribution in [3.05, 3.63) is 76.8 Å². The first-order chi connectivity index (χ1) is 16.3. The van der Waals surface area contributed by atoms with Crippen LogP contribution in [0.2, 0.25) is 5.02 Å². The van der Waals surface area contributed by atoms with E-state index in [2.05, 4.69) is 5.32 Å². The van der Waals surface area contributed by atoms with Gasteiger partial charge in [0.2, 0.25) is 0 Å². The van der Waals surface area contributed by atoms with Crippen molar-refractivity contribution in [2.45, 2.75) is 23.8 Å². The quantitative estimate of drug-likeness (QED) is 0.528. The Kier molecular flexibility index (Phi) is 5.45. The minimum atomic E-state index is -3.97. The number of carbonyl (C=O) groups excluding carboxylic acids is 2. The Balaban J connectivity index is 1.42. The molecule has 1 saturated carbocycles. The molecule has 3 aromatic carbocycles. The molecule has 1 heterocycles. The fraction of sp³-hybridized carbons (Fsp3) is 0.167. The fourth-order valence-electron chi connectivity index (χ4n) is 3.71. The van der Waals surface area contributed by atoms with E-state index in [0.29, 0.717) is 40.8 Å². The summed E-state index contributed by atoms with van der Waals surface area (Å²) in [6.07, 6.45) is 1.30. The smallest absolute Gasteiger partial charge is 0.269 e. The van der Waals surface area contributed by atoms with E-state index >= 15 is 0 Å². The normalized spacial score (nSPS) is 16.2. The van der Waals surface area contributed by atoms with Crippen LogP contribution in [0.25, 0.3) is 0 Å². The molecule has 0 radical (unpaired) electrons. The summed E-state index contributed by atoms with van der Waals surface area (Å²) in [5.41, 5.74) is 0.463. The molecule has 8 nitrogen and oxygen atoms in total. The average molecular weight is 499 g/mol. The Bertz CT molecular complexity index is 1420. The second-order valence-electron chi connectivity index (χ2n) is 7.92. The van der Waals surface area contributed by atoms with E-state index in [1.807, 2.05) is 0 Å². The van der Waals surface area contributed by atoms with Crippen LogP contribution >= 0.6 is 11.6 Å². The number of amides is 2. The highest BCUT2D eigenvalue weighted by atomic mass is 35.5. The Morgan fingerprint density at radius 2 is 1.74 bits per heavy atom. The zero-order valence-corrected chi connectivity index (χ0v) is 19.5. The van der Waals surface area contributed by atoms with E-state index < -0.39 is 21.8 Å². The van der Waals surface area contributed by atoms with Crippen molar-refractivity contribution in [3.8, 4) is 17.2 Å². The lowest BCUT2D eigenvalue weighted by Crippen LogP contribution is -2.31. The lowest BCUT2D eigenvalue weighted by molar-refractivity contribution is 0.0864. The summed E-state index contributed by atoms with van der Waals surface area (Å²) < 4.78 is 37.7. The summed E-state index contributed by atoms with van der Waals surface area (Å²) >= 11 is 6.12. The average Bonchev–Trinajstić information content (AvgIpc) is 3.62. The van der Waals surface area contributed by atoms with Crippen LogP contribution in [0.5, 0.6) is 17.2 Å². The third kappa shape index (κ3) is 3.97. The minimum Gasteiger partial charge on any atom is -0.497 e. The molecule has 1 aliphatic heterocycles. The zero-order chi connectivity index (χ0) is 24.0. The lowest BCUT2D eigenvalue weighted by atomic mass is 10.1. The molecule has 34 heavy (non-hydrogen) atoms. The molecule has 1 N–H and O–H groups in total. The van der Waals surface area contributed by atoms with Gasteiger partial charge in [0.15, 0.2) is 5.75 Å². The van der Waals surface area contributed by atoms with Crippen LogP contribution in [0.3, 0.4) is 0 Å². The molecule has 174 valence electrons. The number of anilines is 1. The number of carbonyl (C=O) groups is 2. The maximum absolute atomic E-state index is 13.0. The number of ether oxygens (including phenoxy) is 2. The van der Waals surface area contributed by atoms with E-state index in [1.165, 1.54) is 24.3 Å². The maximum Gasteiger partial charge on any atom is 0.269 e. The molecule has 0 saturated heterocycles. The first kappa shape index (κ1) is 22.2. The minimum absolute atomic E-state index is 0.0785. The summed E-state index contributed by atoms with van der Waals surface area (Å²) in [5, 5.41) is 3.09. The highest BCUT2D eigenvalue weighted by Gasteiger charge is 2.48. The first-order valence-electron chi connectivity index (χ1n) is 10.4. The van der Waals surface area contributed by atoms with Crippen molar-refractivity contribution in [2.24, 2.45) is 0 Å². The van der Waals surface area contributed by atoms with Crippen molar-refractivity contribution in [1.29, 1.82) is 0 Å². The van der Waals surface area contributed by atoms with Crippen LogP contribution in [-0.4, -0.2) is 37.7 Å². The van der Waals surface area contributed by atoms with Gasteiger partial charge in [0.25, 0.3) is 21.8 Å². The van der Waals surface area contributed by atoms with Gasteiger partial charge in [0.05, 0.1) is 18.4 Å². The van der Waals surface area contributed by atoms with E-state index in [0.717, 1.165) is 4.31 Å². The number of methoxy groups -OCH3 is 1. The van der Waals surface area contributed by atoms with Crippen LogP contribution < -0.4 is 14.8 Å². The van der Waals surface area contributed by atoms with Gasteiger partial charge in [-0.1, -0.05) is 11.6 Å². The number of hydrogen-bond acceptors (Lipinski definition) is 6. The summed E-state index contributed by atoms with van der Waals surface area (Å²) in [6.45, 7) is 0. The maximum atomic E-state index is 13.0. The number of hydrogen-bond donors (Lipinski definition) is 1. The molecule has 2 aliphatic rings. The van der Waals surface area contributed by atoms with Crippen molar-refractivity contribution >= 4 is 39.1 Å². The highest BCUT2D eigenvalue weighted by Crippen LogP contribution is 2.40. The summed E-state index contributed by atoms with van der Waals surface area (Å²) in [7, 11) is -2.41. The van der Waals surface area contributed by atoms with Crippen LogP contribution in [0, 0.1) is 0 Å². The van der Waals surface area contributed by atoms with E-state index in [9.17, 15) is 18.0 Å². The molecule has 1 fully saturated rings. The topological polar surface area (TPSA) is 102 Å². The first-order valence-corrected chi connectivity index (χ1v) is 12.3. The number of sulfonamides is 1. The van der Waals surface area contributed by atoms with Crippen LogP contribution in [0.4, 0.5) is 5.69 Å². The van der Waals surface area contributed by atoms with Gasteiger partial charge in [-0.2, -0.15) is 0 Å². The standard InChI is InChI=1S/C24H19ClN2O6S/c1-32-17-6-8-18(9-7-17)33-21-11-3-15(25)13-20(21)26-23(28)14-2-10-19-22(12-14)34(30,31)27(24(19)29)16-4-5-16/h2-3,6-13,16H,4-5H2,1H3,(H,26,28). The largest absolute Gasteiger partial charge is 0.497 e. The van der Waals surface area contributed by atoms with Crippen LogP contribution in [0.1, 0.15) is 33.6 Å². The van der Waals surface area contributed by atoms with Gasteiger partial charge in [-0.15, -0.1) is 0 Å². The molecular weight excluding hydrogens is 480 g/mol. The lowest BCUT2D eigenvalue weighted by Gasteiger charge is -2.14. The predicted molar refractivity (Wildman–Crippen MR) is 125 cm³/mol. The Morgan fingerprint density at radius 1 is 1.03 bits per heavy atom. The highest BCUT2D eigenvalue weighted by molar-refractivity contribution is 7.90. The number of benzene rings is 3. The van der Waals surface area contributed by atoms with Gasteiger partial charge >= 0.3 is 0 Å². The second-order valence-corrected chi connectivity index (χ2v) is 10.1. The molecule has 0 spiro atoms. The monoisotopic (exact) mass is 498 g/mol. The molecule has 5 rings (SSSR count). The van der Waals surface area contributed by atoms with E-state index in [-0.39, 0.29) is 22.1 Å². The Hall–Kier alpha value is -3.56. The van der Waals surface area contributed by atoms with Gasteiger partial charge < -0.3 is 14.8 Å². The van der Waals surface area contributed by atoms with Gasteiger partial charge in [-0.3, -0.25) is 9.59 Å². The van der Waals surface area contributed by atoms with Crippen molar-refractivity contribution in [3.63, 3.8) is 0 Å². The van der Waals surface area contributed by atoms with Crippen molar-refractivity contribution in [2.75, 3.05) is 12.4 Å². The fourth-order valence-corrected chi connectivity index (χ4v) is 5.73. The number of nitrogens with one attached hydrogen (secondary N) is 1. The zero-order valence-electron chi connectivity index (χ0n) is 17.9. The Labute approximate surface area is 201 Å². The molecular formula is C24H19ClN2O6S. The summed E-state index contributed by atoms with van der Waals surface area (Å²) in [4.78, 5) is 25.4. The summed E-state index contributed by atoms with van der Waals surface area (Å²) in [6, 6.07) is 15.4. The van der Waals surface area contributed by atoms with Gasteiger partial charge in [0.1, 0.15) is 16.4 Å². The van der Waals surface area contributed by atoms with Crippen molar-refractivity contribution in [1.82, 2.24) is 4.31 Å². The van der Waals surface area contributed by atoms with Gasteiger partial charge in [-0.25, -0.2) is 12.7 Å². The number of rotatable bonds is 6. The third-order valence-electron chi connectivity index (χ3n) is 5.57. The molecule has 10 heteroatoms. The second kappa shape index (κ2) is 8.34. The van der Waals surface area contributed by atoms with Crippen molar-refractivity contribution < 1.29 is 27.5 Å². The van der Waals surface area contributed by atoms with Gasteiger partial charge in [0, 0.05) is 16.6 Å². The molecule has 0 atom stereocenters. The third-order valence-corrected chi connectivity index (χ3v) is 7.68. The molecule has 2 amide bonds. The van der Waals surface area contributed by atoms with E-state index in [4.69, 9.17) is 21.1 Å². The van der Waals surface area contributed by atoms with E-state index in [1.54, 1.807) is 43.5 Å². The Morgan fingerprint density at radius 3 is 2.41 bits per heavy atom. The molecule has 1 aliphatic carbocycles. The summed E-state index contributed by atoms with van der Waals surface area (Å²) in [5.74, 6) is 0.404. The van der Waals surface area contributed by atoms with Gasteiger partial charge in [-0.05, 0) is 73.5 Å². The number of fused-ring (bicyclic) bond motifs is 1. The van der Waals surface area contributed by atoms with Crippen LogP contribution in [-0.2, 0) is 10.0 Å².